The van der Waals surface area contributed by atoms with Gasteiger partial charge in [0.15, 0.2) is 0 Å². The molecule has 2 saturated heterocycles. The third kappa shape index (κ3) is 7.01. The van der Waals surface area contributed by atoms with Crippen molar-refractivity contribution in [1.82, 2.24) is 9.80 Å². The molecule has 0 aliphatic carbocycles. The fourth-order valence-electron chi connectivity index (χ4n) is 5.90. The second-order valence-corrected chi connectivity index (χ2v) is 10.9. The number of hydrogen-bond acceptors (Lipinski definition) is 4. The zero-order chi connectivity index (χ0) is 29.0. The molecule has 5 rings (SSSR count). The number of hydrogen-bond donors (Lipinski definition) is 0. The number of halogens is 4. The van der Waals surface area contributed by atoms with E-state index in [2.05, 4.69) is 52.3 Å². The van der Waals surface area contributed by atoms with Crippen molar-refractivity contribution >= 4 is 11.6 Å². The minimum Gasteiger partial charge on any atom is -0.495 e. The van der Waals surface area contributed by atoms with Crippen LogP contribution < -0.4 is 9.64 Å². The quantitative estimate of drug-likeness (QED) is 0.315. The molecule has 9 heteroatoms. The molecule has 2 aliphatic rings. The topological polar surface area (TPSA) is 36.0 Å². The van der Waals surface area contributed by atoms with Crippen LogP contribution in [0.2, 0.25) is 0 Å². The second kappa shape index (κ2) is 12.5. The first-order chi connectivity index (χ1) is 19.7. The summed E-state index contributed by atoms with van der Waals surface area (Å²) < 4.78 is 59.8. The predicted molar refractivity (Wildman–Crippen MR) is 151 cm³/mol. The molecule has 5 nitrogen and oxygen atoms in total. The molecule has 2 aliphatic heterocycles. The van der Waals surface area contributed by atoms with Crippen molar-refractivity contribution in [3.63, 3.8) is 0 Å². The number of likely N-dealkylation sites (tertiary alicyclic amines) is 1. The van der Waals surface area contributed by atoms with Gasteiger partial charge in [-0.2, -0.15) is 13.2 Å². The van der Waals surface area contributed by atoms with E-state index in [0.29, 0.717) is 36.9 Å². The van der Waals surface area contributed by atoms with E-state index in [0.717, 1.165) is 56.2 Å². The second-order valence-electron chi connectivity index (χ2n) is 10.9. The molecule has 0 unspecified atom stereocenters. The van der Waals surface area contributed by atoms with Crippen molar-refractivity contribution in [2.75, 3.05) is 51.3 Å². The highest BCUT2D eigenvalue weighted by molar-refractivity contribution is 5.96. The first-order valence-electron chi connectivity index (χ1n) is 14.1. The van der Waals surface area contributed by atoms with Gasteiger partial charge >= 0.3 is 6.18 Å². The molecular formula is C32H35F4N3O2. The van der Waals surface area contributed by atoms with E-state index >= 15 is 0 Å². The van der Waals surface area contributed by atoms with Crippen molar-refractivity contribution in [2.45, 2.75) is 32.0 Å². The van der Waals surface area contributed by atoms with Crippen LogP contribution in [-0.2, 0) is 19.1 Å². The number of rotatable bonds is 7. The largest absolute Gasteiger partial charge is 0.495 e. The van der Waals surface area contributed by atoms with Crippen LogP contribution in [0.25, 0.3) is 0 Å². The van der Waals surface area contributed by atoms with Gasteiger partial charge in [-0.1, -0.05) is 36.4 Å². The van der Waals surface area contributed by atoms with E-state index in [-0.39, 0.29) is 13.1 Å². The average molecular weight is 570 g/mol. The van der Waals surface area contributed by atoms with Gasteiger partial charge in [0.25, 0.3) is 5.91 Å². The fourth-order valence-corrected chi connectivity index (χ4v) is 5.90. The molecule has 0 radical (unpaired) electrons. The summed E-state index contributed by atoms with van der Waals surface area (Å²) in [6.07, 6.45) is -1.30. The van der Waals surface area contributed by atoms with E-state index in [1.807, 2.05) is 6.07 Å². The van der Waals surface area contributed by atoms with Crippen molar-refractivity contribution in [3.05, 3.63) is 94.8 Å². The van der Waals surface area contributed by atoms with Gasteiger partial charge < -0.3 is 14.5 Å². The smallest absolute Gasteiger partial charge is 0.417 e. The first kappa shape index (κ1) is 28.9. The number of anilines is 1. The van der Waals surface area contributed by atoms with Crippen molar-refractivity contribution in [1.29, 1.82) is 0 Å². The predicted octanol–water partition coefficient (Wildman–Crippen LogP) is 6.27. The molecule has 0 aromatic heterocycles. The van der Waals surface area contributed by atoms with Crippen LogP contribution >= 0.6 is 0 Å². The third-order valence-electron chi connectivity index (χ3n) is 8.15. The Morgan fingerprint density at radius 1 is 0.878 bits per heavy atom. The van der Waals surface area contributed by atoms with Crippen molar-refractivity contribution in [2.24, 2.45) is 5.92 Å². The monoisotopic (exact) mass is 569 g/mol. The van der Waals surface area contributed by atoms with Gasteiger partial charge in [0.1, 0.15) is 11.6 Å². The van der Waals surface area contributed by atoms with Crippen LogP contribution in [-0.4, -0.2) is 62.1 Å². The summed E-state index contributed by atoms with van der Waals surface area (Å²) in [6.45, 7) is 4.19. The highest BCUT2D eigenvalue weighted by Gasteiger charge is 2.37. The molecule has 2 heterocycles. The number of amides is 1. The molecular weight excluding hydrogens is 534 g/mol. The summed E-state index contributed by atoms with van der Waals surface area (Å²) in [4.78, 5) is 18.9. The molecule has 0 bridgehead atoms. The number of carbonyl (C=O) groups excluding carboxylic acids is 1. The Hall–Kier alpha value is -3.59. The van der Waals surface area contributed by atoms with Crippen LogP contribution in [0.15, 0.2) is 66.7 Å². The SMILES string of the molecule is COc1ccc(CN2CCC(Cc3ccccc3)CC2)cc1N1CCN(C(=O)c2cc(F)ccc2C(F)(F)F)CC1. The maximum atomic E-state index is 13.8. The normalized spacial score (nSPS) is 17.1. The summed E-state index contributed by atoms with van der Waals surface area (Å²) in [7, 11) is 1.61. The molecule has 218 valence electrons. The summed E-state index contributed by atoms with van der Waals surface area (Å²) >= 11 is 0. The molecule has 41 heavy (non-hydrogen) atoms. The minimum absolute atomic E-state index is 0.217. The lowest BCUT2D eigenvalue weighted by Crippen LogP contribution is -2.49. The Balaban J connectivity index is 1.20. The van der Waals surface area contributed by atoms with Gasteiger partial charge in [0, 0.05) is 32.7 Å². The van der Waals surface area contributed by atoms with Crippen LogP contribution in [0.3, 0.4) is 0 Å². The van der Waals surface area contributed by atoms with Gasteiger partial charge in [0.05, 0.1) is 23.9 Å². The maximum Gasteiger partial charge on any atom is 0.417 e. The number of alkyl halides is 3. The maximum absolute atomic E-state index is 13.8. The number of piperazine rings is 1. The Labute approximate surface area is 238 Å². The molecule has 2 fully saturated rings. The highest BCUT2D eigenvalue weighted by Crippen LogP contribution is 2.34. The average Bonchev–Trinajstić information content (AvgIpc) is 2.98. The lowest BCUT2D eigenvalue weighted by atomic mass is 9.90. The third-order valence-corrected chi connectivity index (χ3v) is 8.15. The van der Waals surface area contributed by atoms with Gasteiger partial charge in [0.2, 0.25) is 0 Å². The van der Waals surface area contributed by atoms with E-state index in [1.54, 1.807) is 7.11 Å². The summed E-state index contributed by atoms with van der Waals surface area (Å²) in [5.74, 6) is -0.284. The fraction of sp³-hybridized carbons (Fsp3) is 0.406. The molecule has 1 amide bonds. The van der Waals surface area contributed by atoms with Crippen LogP contribution in [0.4, 0.5) is 23.2 Å². The summed E-state index contributed by atoms with van der Waals surface area (Å²) in [5, 5.41) is 0. The van der Waals surface area contributed by atoms with Crippen LogP contribution in [0, 0.1) is 11.7 Å². The summed E-state index contributed by atoms with van der Waals surface area (Å²) in [6, 6.07) is 18.8. The number of piperidine rings is 1. The molecule has 0 atom stereocenters. The molecule has 0 saturated carbocycles. The number of ether oxygens (including phenoxy) is 1. The van der Waals surface area contributed by atoms with E-state index in [4.69, 9.17) is 4.74 Å². The van der Waals surface area contributed by atoms with Crippen molar-refractivity contribution < 1.29 is 27.1 Å². The van der Waals surface area contributed by atoms with Gasteiger partial charge in [-0.15, -0.1) is 0 Å². The Morgan fingerprint density at radius 2 is 1.59 bits per heavy atom. The molecule has 0 spiro atoms. The lowest BCUT2D eigenvalue weighted by Gasteiger charge is -2.37. The Bertz CT molecular complexity index is 1330. The minimum atomic E-state index is -4.74. The van der Waals surface area contributed by atoms with Crippen molar-refractivity contribution in [3.8, 4) is 5.75 Å². The highest BCUT2D eigenvalue weighted by atomic mass is 19.4. The molecule has 3 aromatic carbocycles. The first-order valence-corrected chi connectivity index (χ1v) is 14.1. The number of carbonyl (C=O) groups is 1. The van der Waals surface area contributed by atoms with Crippen LogP contribution in [0.5, 0.6) is 5.75 Å². The van der Waals surface area contributed by atoms with E-state index in [9.17, 15) is 22.4 Å². The zero-order valence-electron chi connectivity index (χ0n) is 23.2. The van der Waals surface area contributed by atoms with Gasteiger partial charge in [-0.25, -0.2) is 4.39 Å². The number of benzene rings is 3. The lowest BCUT2D eigenvalue weighted by molar-refractivity contribution is -0.138. The Kier molecular flexibility index (Phi) is 8.82. The van der Waals surface area contributed by atoms with Gasteiger partial charge in [-0.3, -0.25) is 9.69 Å². The zero-order valence-corrected chi connectivity index (χ0v) is 23.2. The molecule has 0 N–H and O–H groups in total. The molecule has 3 aromatic rings. The standard InChI is InChI=1S/C32H35F4N3O2/c1-41-30-10-7-25(22-37-13-11-24(12-14-37)19-23-5-3-2-4-6-23)20-29(30)38-15-17-39(18-16-38)31(40)27-21-26(33)8-9-28(27)32(34,35)36/h2-10,20-21,24H,11-19,22H2,1H3. The number of methoxy groups -OCH3 is 1. The van der Waals surface area contributed by atoms with Crippen LogP contribution in [0.1, 0.15) is 39.9 Å². The van der Waals surface area contributed by atoms with E-state index in [1.165, 1.54) is 10.5 Å². The Morgan fingerprint density at radius 3 is 2.24 bits per heavy atom. The van der Waals surface area contributed by atoms with E-state index < -0.39 is 29.0 Å². The number of nitrogens with zero attached hydrogens (tertiary/aromatic N) is 3. The van der Waals surface area contributed by atoms with Gasteiger partial charge in [-0.05, 0) is 79.7 Å². The summed E-state index contributed by atoms with van der Waals surface area (Å²) in [5.41, 5.74) is 1.68.